The second-order valence-electron chi connectivity index (χ2n) is 0. The molecule has 0 aromatic heterocycles. The molecule has 0 heterocycles. The topological polar surface area (TPSA) is 30.0 Å². The van der Waals surface area contributed by atoms with Crippen LogP contribution in [0.4, 0.5) is 0 Å². The fourth-order valence-electron chi connectivity index (χ4n) is 0. The summed E-state index contributed by atoms with van der Waals surface area (Å²) >= 11 is 1.47. The first-order valence-electron chi connectivity index (χ1n) is 0.378. The Morgan fingerprint density at radius 1 is 1.25 bits per heavy atom. The molecule has 0 aliphatic rings. The Hall–Kier alpha value is 1.85. The largest absolute Gasteiger partial charge is 1.00 e. The van der Waals surface area contributed by atoms with E-state index in [0.717, 1.165) is 0 Å². The molecule has 4 heavy (non-hydrogen) atoms. The number of hydrogen-bond acceptors (Lipinski definition) is 1. The SMILES string of the molecule is [Li][Cl].[Na+].[OH-]. The third-order valence-electron chi connectivity index (χ3n) is 0. The summed E-state index contributed by atoms with van der Waals surface area (Å²) in [6, 6.07) is 0. The molecule has 16 valence electrons. The molecular formula is HClLiNaO. The first-order valence-corrected chi connectivity index (χ1v) is 1.13. The molecule has 1 N–H and O–H groups in total. The van der Waals surface area contributed by atoms with Crippen molar-refractivity contribution in [3.8, 4) is 0 Å². The molecule has 0 aliphatic carbocycles. The van der Waals surface area contributed by atoms with Crippen molar-refractivity contribution in [3.63, 3.8) is 0 Å². The predicted molar refractivity (Wildman–Crippen MR) is 13.5 cm³/mol. The Labute approximate surface area is 61.0 Å². The van der Waals surface area contributed by atoms with Crippen molar-refractivity contribution in [2.45, 2.75) is 0 Å². The molecule has 0 unspecified atom stereocenters. The molecule has 0 aromatic carbocycles. The van der Waals surface area contributed by atoms with Crippen LogP contribution in [0.15, 0.2) is 0 Å². The van der Waals surface area contributed by atoms with Gasteiger partial charge in [-0.2, -0.15) is 0 Å². The molecule has 0 saturated heterocycles. The first kappa shape index (κ1) is 16.9. The van der Waals surface area contributed by atoms with E-state index in [2.05, 4.69) is 9.80 Å². The van der Waals surface area contributed by atoms with Crippen LogP contribution in [0, 0.1) is 0 Å². The summed E-state index contributed by atoms with van der Waals surface area (Å²) in [5.41, 5.74) is 0. The summed E-state index contributed by atoms with van der Waals surface area (Å²) in [6.45, 7) is 0. The maximum atomic E-state index is 4.64. The van der Waals surface area contributed by atoms with Gasteiger partial charge in [0.2, 0.25) is 0 Å². The Balaban J connectivity index is -0.00000000500. The molecule has 1 nitrogen and oxygen atoms in total. The van der Waals surface area contributed by atoms with Crippen LogP contribution in [0.1, 0.15) is 0 Å². The van der Waals surface area contributed by atoms with E-state index in [-0.39, 0.29) is 35.0 Å². The second-order valence-corrected chi connectivity index (χ2v) is 0. The summed E-state index contributed by atoms with van der Waals surface area (Å²) < 4.78 is 0. The summed E-state index contributed by atoms with van der Waals surface area (Å²) in [5.74, 6) is 0. The van der Waals surface area contributed by atoms with E-state index in [0.29, 0.717) is 0 Å². The molecular weight excluding hydrogens is 81.4 g/mol. The molecule has 0 saturated carbocycles. The van der Waals surface area contributed by atoms with Crippen molar-refractivity contribution in [1.29, 1.82) is 0 Å². The normalized spacial score (nSPS) is 1.75. The quantitative estimate of drug-likeness (QED) is 0.289. The van der Waals surface area contributed by atoms with Gasteiger partial charge < -0.3 is 5.48 Å². The minimum absolute atomic E-state index is 0. The van der Waals surface area contributed by atoms with Crippen LogP contribution in [0.3, 0.4) is 0 Å². The average Bonchev–Trinajstić information content (AvgIpc) is 1.00. The number of rotatable bonds is 0. The molecule has 0 aliphatic heterocycles. The van der Waals surface area contributed by atoms with Crippen molar-refractivity contribution >= 4 is 26.5 Å². The fraction of sp³-hybridized carbons (Fsp3) is 0. The Morgan fingerprint density at radius 2 is 1.25 bits per heavy atom. The second kappa shape index (κ2) is 21.0. The fourth-order valence-corrected chi connectivity index (χ4v) is 0. The Bertz CT molecular complexity index is 8.00. The maximum absolute atomic E-state index is 4.64. The van der Waals surface area contributed by atoms with Gasteiger partial charge in [-0.15, -0.1) is 0 Å². The maximum Gasteiger partial charge on any atom is 1.00 e. The average molecular weight is 82.4 g/mol. The molecule has 0 spiro atoms. The van der Waals surface area contributed by atoms with Gasteiger partial charge in [0.05, 0.1) is 0 Å². The zero-order valence-electron chi connectivity index (χ0n) is 2.83. The van der Waals surface area contributed by atoms with Crippen LogP contribution in [0.25, 0.3) is 0 Å². The summed E-state index contributed by atoms with van der Waals surface area (Å²) in [5, 5.41) is 0. The predicted octanol–water partition coefficient (Wildman–Crippen LogP) is -2.86. The summed E-state index contributed by atoms with van der Waals surface area (Å²) in [6.07, 6.45) is 0. The molecule has 0 radical (unpaired) electrons. The minimum atomic E-state index is 0. The smallest absolute Gasteiger partial charge is 0.870 e. The van der Waals surface area contributed by atoms with Crippen LogP contribution < -0.4 is 29.6 Å². The van der Waals surface area contributed by atoms with Gasteiger partial charge in [-0.1, -0.05) is 0 Å². The molecule has 0 amide bonds. The van der Waals surface area contributed by atoms with Crippen LogP contribution in [0.5, 0.6) is 0 Å². The number of hydrogen-bond donors (Lipinski definition) is 0. The van der Waals surface area contributed by atoms with Crippen molar-refractivity contribution < 1.29 is 35.0 Å². The summed E-state index contributed by atoms with van der Waals surface area (Å²) in [4.78, 5) is 0. The van der Waals surface area contributed by atoms with Gasteiger partial charge in [-0.25, -0.2) is 0 Å². The first-order chi connectivity index (χ1) is 1.00. The van der Waals surface area contributed by atoms with Gasteiger partial charge in [0.15, 0.2) is 0 Å². The third kappa shape index (κ3) is 9.14. The minimum Gasteiger partial charge on any atom is -0.870 e. The van der Waals surface area contributed by atoms with Crippen molar-refractivity contribution in [2.24, 2.45) is 0 Å². The molecule has 4 heteroatoms. The van der Waals surface area contributed by atoms with E-state index >= 15 is 0 Å². The Morgan fingerprint density at radius 3 is 1.25 bits per heavy atom. The molecule has 0 aromatic rings. The van der Waals surface area contributed by atoms with E-state index < -0.39 is 0 Å². The van der Waals surface area contributed by atoms with E-state index in [1.165, 1.54) is 16.7 Å². The van der Waals surface area contributed by atoms with Crippen LogP contribution in [-0.2, 0) is 0 Å². The van der Waals surface area contributed by atoms with Crippen molar-refractivity contribution in [3.05, 3.63) is 0 Å². The van der Waals surface area contributed by atoms with E-state index in [1.807, 2.05) is 0 Å². The molecule has 0 fully saturated rings. The van der Waals surface area contributed by atoms with Crippen molar-refractivity contribution in [1.82, 2.24) is 0 Å². The standard InChI is InChI=1S/ClH.Li.Na.H2O/h1H;;;1H2/q;2*+1;/p-2. The van der Waals surface area contributed by atoms with Gasteiger partial charge in [0, 0.05) is 0 Å². The van der Waals surface area contributed by atoms with Crippen LogP contribution in [0.2, 0.25) is 0 Å². The van der Waals surface area contributed by atoms with Gasteiger partial charge >= 0.3 is 56.1 Å². The number of halogens is 1. The molecule has 0 rings (SSSR count). The van der Waals surface area contributed by atoms with E-state index in [4.69, 9.17) is 0 Å². The van der Waals surface area contributed by atoms with E-state index in [9.17, 15) is 0 Å². The van der Waals surface area contributed by atoms with Crippen LogP contribution in [-0.4, -0.2) is 22.2 Å². The molecule has 0 bridgehead atoms. The van der Waals surface area contributed by atoms with Gasteiger partial charge in [-0.3, -0.25) is 0 Å². The summed E-state index contributed by atoms with van der Waals surface area (Å²) in [7, 11) is 4.64. The zero-order chi connectivity index (χ0) is 2.00. The van der Waals surface area contributed by atoms with Gasteiger partial charge in [0.25, 0.3) is 0 Å². The van der Waals surface area contributed by atoms with Gasteiger partial charge in [-0.05, 0) is 0 Å². The Kier molecular flexibility index (Phi) is 89.1. The van der Waals surface area contributed by atoms with Crippen LogP contribution >= 0.6 is 9.80 Å². The van der Waals surface area contributed by atoms with E-state index in [1.54, 1.807) is 0 Å². The van der Waals surface area contributed by atoms with Gasteiger partial charge in [0.1, 0.15) is 0 Å². The monoisotopic (exact) mass is 82.0 g/mol. The van der Waals surface area contributed by atoms with Crippen molar-refractivity contribution in [2.75, 3.05) is 0 Å². The third-order valence-corrected chi connectivity index (χ3v) is 0. The zero-order valence-corrected chi connectivity index (χ0v) is 5.58. The molecule has 0 atom stereocenters.